The van der Waals surface area contributed by atoms with Gasteiger partial charge >= 0.3 is 0 Å². The Hall–Kier alpha value is -1.57. The van der Waals surface area contributed by atoms with Gasteiger partial charge in [0.25, 0.3) is 0 Å². The largest absolute Gasteiger partial charge is 0.361 e. The van der Waals surface area contributed by atoms with Crippen LogP contribution in [0.15, 0.2) is 18.3 Å². The van der Waals surface area contributed by atoms with Gasteiger partial charge in [0.2, 0.25) is 0 Å². The number of rotatable bonds is 3. The lowest BCUT2D eigenvalue weighted by atomic mass is 9.94. The first kappa shape index (κ1) is 10.9. The van der Waals surface area contributed by atoms with Gasteiger partial charge in [0.1, 0.15) is 0 Å². The van der Waals surface area contributed by atoms with E-state index >= 15 is 0 Å². The van der Waals surface area contributed by atoms with Crippen LogP contribution in [-0.4, -0.2) is 11.3 Å². The lowest BCUT2D eigenvalue weighted by molar-refractivity contribution is 0.112. The minimum absolute atomic E-state index is 0.564. The van der Waals surface area contributed by atoms with Crippen LogP contribution in [0.4, 0.5) is 0 Å². The maximum Gasteiger partial charge on any atom is 0.151 e. The van der Waals surface area contributed by atoms with E-state index in [4.69, 9.17) is 0 Å². The van der Waals surface area contributed by atoms with Crippen molar-refractivity contribution >= 4 is 17.2 Å². The fraction of sp³-hybridized carbons (Fsp3) is 0.357. The first-order valence-electron chi connectivity index (χ1n) is 5.68. The third kappa shape index (κ3) is 1.75. The summed E-state index contributed by atoms with van der Waals surface area (Å²) in [6.45, 7) is 6.42. The van der Waals surface area contributed by atoms with Crippen molar-refractivity contribution in [2.75, 3.05) is 0 Å². The number of nitrogens with one attached hydrogen (secondary N) is 1. The van der Waals surface area contributed by atoms with Crippen molar-refractivity contribution in [1.29, 1.82) is 0 Å². The molecule has 0 saturated heterocycles. The minimum Gasteiger partial charge on any atom is -0.361 e. The van der Waals surface area contributed by atoms with Crippen molar-refractivity contribution in [2.24, 2.45) is 5.92 Å². The fourth-order valence-corrected chi connectivity index (χ4v) is 2.25. The van der Waals surface area contributed by atoms with Gasteiger partial charge in [-0.3, -0.25) is 4.79 Å². The molecule has 0 radical (unpaired) electrons. The molecule has 0 saturated carbocycles. The molecule has 1 N–H and O–H groups in total. The van der Waals surface area contributed by atoms with E-state index in [9.17, 15) is 4.79 Å². The van der Waals surface area contributed by atoms with Gasteiger partial charge in [-0.25, -0.2) is 0 Å². The van der Waals surface area contributed by atoms with Crippen molar-refractivity contribution in [1.82, 2.24) is 4.98 Å². The van der Waals surface area contributed by atoms with Gasteiger partial charge < -0.3 is 4.98 Å². The van der Waals surface area contributed by atoms with Crippen LogP contribution in [0.25, 0.3) is 10.9 Å². The Bertz CT molecular complexity index is 523. The highest BCUT2D eigenvalue weighted by Crippen LogP contribution is 2.25. The van der Waals surface area contributed by atoms with E-state index < -0.39 is 0 Å². The molecule has 2 heteroatoms. The Morgan fingerprint density at radius 2 is 2.19 bits per heavy atom. The summed E-state index contributed by atoms with van der Waals surface area (Å²) in [5.74, 6) is 0.564. The van der Waals surface area contributed by atoms with E-state index in [0.29, 0.717) is 5.92 Å². The van der Waals surface area contributed by atoms with Crippen LogP contribution >= 0.6 is 0 Å². The third-order valence-corrected chi connectivity index (χ3v) is 2.91. The van der Waals surface area contributed by atoms with Crippen molar-refractivity contribution < 1.29 is 4.79 Å². The Labute approximate surface area is 95.7 Å². The molecule has 0 fully saturated rings. The maximum atomic E-state index is 11.2. The normalized spacial score (nSPS) is 11.2. The molecule has 0 aliphatic rings. The molecule has 0 bridgehead atoms. The van der Waals surface area contributed by atoms with Crippen LogP contribution in [0.1, 0.15) is 35.3 Å². The van der Waals surface area contributed by atoms with Gasteiger partial charge in [-0.2, -0.15) is 0 Å². The highest BCUT2D eigenvalue weighted by Gasteiger charge is 2.11. The van der Waals surface area contributed by atoms with Gasteiger partial charge in [0, 0.05) is 22.7 Å². The van der Waals surface area contributed by atoms with Crippen LogP contribution < -0.4 is 0 Å². The molecule has 16 heavy (non-hydrogen) atoms. The molecule has 1 heterocycles. The molecule has 1 aromatic heterocycles. The van der Waals surface area contributed by atoms with Crippen molar-refractivity contribution in [3.05, 3.63) is 35.0 Å². The summed E-state index contributed by atoms with van der Waals surface area (Å²) in [7, 11) is 0. The number of aryl methyl sites for hydroxylation is 1. The smallest absolute Gasteiger partial charge is 0.151 e. The number of aldehydes is 1. The van der Waals surface area contributed by atoms with E-state index in [1.165, 1.54) is 5.56 Å². The van der Waals surface area contributed by atoms with Gasteiger partial charge in [-0.05, 0) is 36.5 Å². The summed E-state index contributed by atoms with van der Waals surface area (Å²) in [5, 5.41) is 1.05. The molecule has 0 amide bonds. The predicted molar refractivity (Wildman–Crippen MR) is 67.0 cm³/mol. The minimum atomic E-state index is 0.564. The van der Waals surface area contributed by atoms with Crippen molar-refractivity contribution in [3.63, 3.8) is 0 Å². The second-order valence-electron chi connectivity index (χ2n) is 4.75. The summed E-state index contributed by atoms with van der Waals surface area (Å²) in [4.78, 5) is 14.4. The van der Waals surface area contributed by atoms with Crippen molar-refractivity contribution in [2.45, 2.75) is 27.2 Å². The first-order valence-corrected chi connectivity index (χ1v) is 5.68. The molecular formula is C14H17NO. The molecule has 2 aromatic rings. The van der Waals surface area contributed by atoms with E-state index in [1.54, 1.807) is 0 Å². The van der Waals surface area contributed by atoms with E-state index in [-0.39, 0.29) is 0 Å². The highest BCUT2D eigenvalue weighted by atomic mass is 16.1. The predicted octanol–water partition coefficient (Wildman–Crippen LogP) is 3.49. The van der Waals surface area contributed by atoms with Crippen LogP contribution in [0.5, 0.6) is 0 Å². The average molecular weight is 215 g/mol. The molecule has 1 aromatic carbocycles. The van der Waals surface area contributed by atoms with Gasteiger partial charge in [-0.1, -0.05) is 19.9 Å². The summed E-state index contributed by atoms with van der Waals surface area (Å²) in [6, 6.07) is 4.11. The fourth-order valence-electron chi connectivity index (χ4n) is 2.25. The number of fused-ring (bicyclic) bond motifs is 1. The SMILES string of the molecule is Cc1cc(CC(C)C)c(C=O)c2cc[nH]c12. The van der Waals surface area contributed by atoms with Crippen molar-refractivity contribution in [3.8, 4) is 0 Å². The number of hydrogen-bond acceptors (Lipinski definition) is 1. The standard InChI is InChI=1S/C14H17NO/c1-9(2)6-11-7-10(3)14-12(4-5-15-14)13(11)8-16/h4-5,7-9,15H,6H2,1-3H3. The topological polar surface area (TPSA) is 32.9 Å². The number of carbonyl (C=O) groups excluding carboxylic acids is 1. The molecule has 0 atom stereocenters. The lowest BCUT2D eigenvalue weighted by Crippen LogP contribution is -2.00. The van der Waals surface area contributed by atoms with Crippen LogP contribution in [0.2, 0.25) is 0 Å². The zero-order valence-corrected chi connectivity index (χ0v) is 10.0. The van der Waals surface area contributed by atoms with E-state index in [0.717, 1.165) is 34.7 Å². The molecule has 0 aliphatic heterocycles. The third-order valence-electron chi connectivity index (χ3n) is 2.91. The quantitative estimate of drug-likeness (QED) is 0.781. The molecule has 0 aliphatic carbocycles. The zero-order valence-electron chi connectivity index (χ0n) is 10.0. The number of aromatic amines is 1. The number of H-pyrrole nitrogens is 1. The van der Waals surface area contributed by atoms with Gasteiger partial charge in [0.15, 0.2) is 6.29 Å². The summed E-state index contributed by atoms with van der Waals surface area (Å²) in [6.07, 6.45) is 3.83. The highest BCUT2D eigenvalue weighted by molar-refractivity contribution is 5.99. The zero-order chi connectivity index (χ0) is 11.7. The van der Waals surface area contributed by atoms with E-state index in [1.807, 2.05) is 12.3 Å². The molecule has 84 valence electrons. The molecular weight excluding hydrogens is 198 g/mol. The molecule has 0 unspecified atom stereocenters. The summed E-state index contributed by atoms with van der Waals surface area (Å²) < 4.78 is 0. The van der Waals surface area contributed by atoms with Gasteiger partial charge in [0.05, 0.1) is 0 Å². The number of carbonyl (C=O) groups is 1. The van der Waals surface area contributed by atoms with Gasteiger partial charge in [-0.15, -0.1) is 0 Å². The number of benzene rings is 1. The Balaban J connectivity index is 2.68. The van der Waals surface area contributed by atoms with Crippen LogP contribution in [0.3, 0.4) is 0 Å². The maximum absolute atomic E-state index is 11.2. The average Bonchev–Trinajstić information content (AvgIpc) is 2.66. The molecule has 2 rings (SSSR count). The second kappa shape index (κ2) is 4.12. The number of aromatic nitrogens is 1. The Kier molecular flexibility index (Phi) is 2.82. The lowest BCUT2D eigenvalue weighted by Gasteiger charge is -2.10. The number of hydrogen-bond donors (Lipinski definition) is 1. The Morgan fingerprint density at radius 3 is 2.81 bits per heavy atom. The second-order valence-corrected chi connectivity index (χ2v) is 4.75. The molecule has 2 nitrogen and oxygen atoms in total. The van der Waals surface area contributed by atoms with Crippen LogP contribution in [-0.2, 0) is 6.42 Å². The monoisotopic (exact) mass is 215 g/mol. The van der Waals surface area contributed by atoms with Crippen LogP contribution in [0, 0.1) is 12.8 Å². The Morgan fingerprint density at radius 1 is 1.44 bits per heavy atom. The summed E-state index contributed by atoms with van der Waals surface area (Å²) in [5.41, 5.74) is 4.29. The molecule has 0 spiro atoms. The first-order chi connectivity index (χ1) is 7.63. The van der Waals surface area contributed by atoms with E-state index in [2.05, 4.69) is 31.8 Å². The summed E-state index contributed by atoms with van der Waals surface area (Å²) >= 11 is 0.